The van der Waals surface area contributed by atoms with Crippen molar-refractivity contribution >= 4 is 0 Å². The Morgan fingerprint density at radius 1 is 1.12 bits per heavy atom. The molecule has 1 aromatic heterocycles. The van der Waals surface area contributed by atoms with Crippen LogP contribution >= 0.6 is 0 Å². The number of rotatable bonds is 5. The fraction of sp³-hybridized carbons (Fsp3) is 0.389. The highest BCUT2D eigenvalue weighted by atomic mass is 19.1. The van der Waals surface area contributed by atoms with Crippen molar-refractivity contribution in [2.75, 3.05) is 0 Å². The van der Waals surface area contributed by atoms with Crippen molar-refractivity contribution in [3.8, 4) is 5.75 Å². The van der Waals surface area contributed by atoms with Gasteiger partial charge < -0.3 is 20.3 Å². The first kappa shape index (κ1) is 16.8. The number of aliphatic hydroxyl groups excluding tert-OH is 2. The molecule has 6 heteroatoms. The number of aliphatic hydroxyl groups is 2. The molecular weight excluding hydrogens is 311 g/mol. The van der Waals surface area contributed by atoms with Gasteiger partial charge in [0.05, 0.1) is 6.10 Å². The molecule has 0 saturated heterocycles. The summed E-state index contributed by atoms with van der Waals surface area (Å²) in [5.41, 5.74) is 1.06. The lowest BCUT2D eigenvalue weighted by molar-refractivity contribution is -0.0893. The van der Waals surface area contributed by atoms with Gasteiger partial charge in [-0.1, -0.05) is 6.07 Å². The van der Waals surface area contributed by atoms with Gasteiger partial charge in [0.25, 0.3) is 0 Å². The summed E-state index contributed by atoms with van der Waals surface area (Å²) in [4.78, 5) is 3.96. The highest BCUT2D eigenvalue weighted by Crippen LogP contribution is 2.25. The zero-order valence-corrected chi connectivity index (χ0v) is 13.2. The highest BCUT2D eigenvalue weighted by Gasteiger charge is 2.38. The number of benzene rings is 1. The molecule has 1 fully saturated rings. The average molecular weight is 332 g/mol. The summed E-state index contributed by atoms with van der Waals surface area (Å²) in [6.45, 7) is 0.590. The van der Waals surface area contributed by atoms with E-state index in [-0.39, 0.29) is 6.04 Å². The van der Waals surface area contributed by atoms with Crippen LogP contribution < -0.4 is 10.1 Å². The zero-order chi connectivity index (χ0) is 16.9. The van der Waals surface area contributed by atoms with Gasteiger partial charge in [-0.25, -0.2) is 4.39 Å². The second kappa shape index (κ2) is 7.70. The fourth-order valence-electron chi connectivity index (χ4n) is 2.96. The average Bonchev–Trinajstić information content (AvgIpc) is 2.59. The molecule has 1 aliphatic carbocycles. The Labute approximate surface area is 140 Å². The topological polar surface area (TPSA) is 74.6 Å². The Hall–Kier alpha value is -2.02. The molecule has 0 bridgehead atoms. The summed E-state index contributed by atoms with van der Waals surface area (Å²) in [6.07, 6.45) is 2.13. The predicted octanol–water partition coefficient (Wildman–Crippen LogP) is 1.64. The van der Waals surface area contributed by atoms with Gasteiger partial charge in [0.15, 0.2) is 0 Å². The third kappa shape index (κ3) is 4.08. The van der Waals surface area contributed by atoms with E-state index >= 15 is 0 Å². The molecule has 0 radical (unpaired) electrons. The summed E-state index contributed by atoms with van der Waals surface area (Å²) < 4.78 is 18.9. The third-order valence-corrected chi connectivity index (χ3v) is 4.31. The number of nitrogens with one attached hydrogen (secondary N) is 1. The van der Waals surface area contributed by atoms with Gasteiger partial charge in [-0.3, -0.25) is 4.98 Å². The van der Waals surface area contributed by atoms with Gasteiger partial charge >= 0.3 is 0 Å². The molecule has 24 heavy (non-hydrogen) atoms. The lowest BCUT2D eigenvalue weighted by atomic mass is 9.87. The number of ether oxygens (including phenoxy) is 1. The number of halogens is 1. The van der Waals surface area contributed by atoms with Crippen LogP contribution in [0.15, 0.2) is 48.8 Å². The highest BCUT2D eigenvalue weighted by molar-refractivity contribution is 5.23. The van der Waals surface area contributed by atoms with Gasteiger partial charge in [-0.15, -0.1) is 0 Å². The Balaban J connectivity index is 1.56. The second-order valence-electron chi connectivity index (χ2n) is 6.02. The minimum Gasteiger partial charge on any atom is -0.488 e. The monoisotopic (exact) mass is 332 g/mol. The van der Waals surface area contributed by atoms with E-state index in [0.29, 0.717) is 25.1 Å². The third-order valence-electron chi connectivity index (χ3n) is 4.31. The van der Waals surface area contributed by atoms with Gasteiger partial charge in [0.2, 0.25) is 0 Å². The molecule has 3 N–H and O–H groups in total. The van der Waals surface area contributed by atoms with Crippen LogP contribution in [-0.4, -0.2) is 39.6 Å². The van der Waals surface area contributed by atoms with E-state index in [1.54, 1.807) is 24.5 Å². The van der Waals surface area contributed by atoms with E-state index in [0.717, 1.165) is 5.56 Å². The Bertz CT molecular complexity index is 656. The van der Waals surface area contributed by atoms with Crippen LogP contribution in [0.4, 0.5) is 4.39 Å². The Morgan fingerprint density at radius 2 is 1.92 bits per heavy atom. The second-order valence-corrected chi connectivity index (χ2v) is 6.02. The molecule has 3 rings (SSSR count). The number of hydrogen-bond donors (Lipinski definition) is 3. The maximum Gasteiger partial charge on any atom is 0.127 e. The van der Waals surface area contributed by atoms with Crippen molar-refractivity contribution < 1.29 is 19.3 Å². The number of pyridine rings is 1. The molecule has 4 atom stereocenters. The molecule has 1 aromatic carbocycles. The molecule has 1 aliphatic rings. The number of nitrogens with zero attached hydrogens (tertiary/aromatic N) is 1. The molecule has 1 heterocycles. The molecule has 0 spiro atoms. The lowest BCUT2D eigenvalue weighted by Crippen LogP contribution is -2.55. The first-order chi connectivity index (χ1) is 11.6. The molecule has 0 aliphatic heterocycles. The molecule has 128 valence electrons. The van der Waals surface area contributed by atoms with E-state index in [9.17, 15) is 14.6 Å². The summed E-state index contributed by atoms with van der Waals surface area (Å²) in [5, 5.41) is 23.9. The van der Waals surface area contributed by atoms with Crippen molar-refractivity contribution in [1.29, 1.82) is 0 Å². The Kier molecular flexibility index (Phi) is 5.40. The molecule has 2 aromatic rings. The van der Waals surface area contributed by atoms with Crippen LogP contribution in [0, 0.1) is 5.82 Å². The van der Waals surface area contributed by atoms with Gasteiger partial charge in [0.1, 0.15) is 23.8 Å². The fourth-order valence-corrected chi connectivity index (χ4v) is 2.96. The molecule has 0 unspecified atom stereocenters. The number of hydrogen-bond acceptors (Lipinski definition) is 5. The van der Waals surface area contributed by atoms with Crippen molar-refractivity contribution in [1.82, 2.24) is 10.3 Å². The first-order valence-electron chi connectivity index (χ1n) is 8.04. The molecular formula is C18H21FN2O3. The van der Waals surface area contributed by atoms with E-state index in [1.807, 2.05) is 12.1 Å². The maximum atomic E-state index is 13.2. The summed E-state index contributed by atoms with van der Waals surface area (Å²) in [6, 6.07) is 9.36. The quantitative estimate of drug-likeness (QED) is 0.776. The van der Waals surface area contributed by atoms with Crippen LogP contribution in [0.2, 0.25) is 0 Å². The minimum absolute atomic E-state index is 0.222. The maximum absolute atomic E-state index is 13.2. The zero-order valence-electron chi connectivity index (χ0n) is 13.2. The summed E-state index contributed by atoms with van der Waals surface area (Å²) in [7, 11) is 0. The summed E-state index contributed by atoms with van der Waals surface area (Å²) in [5.74, 6) is -0.0373. The van der Waals surface area contributed by atoms with Crippen molar-refractivity contribution in [3.63, 3.8) is 0 Å². The van der Waals surface area contributed by atoms with E-state index in [2.05, 4.69) is 10.3 Å². The van der Waals surface area contributed by atoms with Crippen LogP contribution in [0.5, 0.6) is 5.75 Å². The first-order valence-corrected chi connectivity index (χ1v) is 8.04. The van der Waals surface area contributed by atoms with Gasteiger partial charge in [0, 0.05) is 31.0 Å². The normalized spacial score (nSPS) is 27.0. The van der Waals surface area contributed by atoms with E-state index in [1.165, 1.54) is 12.1 Å². The van der Waals surface area contributed by atoms with E-state index < -0.39 is 24.1 Å². The largest absolute Gasteiger partial charge is 0.488 e. The van der Waals surface area contributed by atoms with Crippen LogP contribution in [-0.2, 0) is 6.54 Å². The van der Waals surface area contributed by atoms with Crippen molar-refractivity contribution in [3.05, 3.63) is 60.2 Å². The minimum atomic E-state index is -1.03. The van der Waals surface area contributed by atoms with Crippen molar-refractivity contribution in [2.45, 2.75) is 43.7 Å². The van der Waals surface area contributed by atoms with Gasteiger partial charge in [-0.2, -0.15) is 0 Å². The van der Waals surface area contributed by atoms with E-state index in [4.69, 9.17) is 4.74 Å². The van der Waals surface area contributed by atoms with Gasteiger partial charge in [-0.05, 0) is 42.7 Å². The Morgan fingerprint density at radius 3 is 2.67 bits per heavy atom. The van der Waals surface area contributed by atoms with Crippen LogP contribution in [0.25, 0.3) is 0 Å². The SMILES string of the molecule is O[C@H]1[C@H](O)[C@H](Oc2cccc(F)c2)CC[C@H]1NCc1ccncc1. The smallest absolute Gasteiger partial charge is 0.127 e. The lowest BCUT2D eigenvalue weighted by Gasteiger charge is -2.38. The van der Waals surface area contributed by atoms with Crippen LogP contribution in [0.3, 0.4) is 0 Å². The molecule has 1 saturated carbocycles. The van der Waals surface area contributed by atoms with Crippen molar-refractivity contribution in [2.24, 2.45) is 0 Å². The molecule has 5 nitrogen and oxygen atoms in total. The predicted molar refractivity (Wildman–Crippen MR) is 86.9 cm³/mol. The summed E-state index contributed by atoms with van der Waals surface area (Å²) >= 11 is 0. The standard InChI is InChI=1S/C18H21FN2O3/c19-13-2-1-3-14(10-13)24-16-5-4-15(17(22)18(16)23)21-11-12-6-8-20-9-7-12/h1-3,6-10,15-18,21-23H,4-5,11H2/t15-,16-,17-,18-/m1/s1. The number of aromatic nitrogens is 1. The molecule has 0 amide bonds. The van der Waals surface area contributed by atoms with Crippen LogP contribution in [0.1, 0.15) is 18.4 Å².